The highest BCUT2D eigenvalue weighted by Crippen LogP contribution is 2.35. The first-order valence-corrected chi connectivity index (χ1v) is 14.0. The number of rotatable bonds is 11. The molecule has 208 valence electrons. The molecule has 1 aliphatic rings. The van der Waals surface area contributed by atoms with Gasteiger partial charge in [-0.1, -0.05) is 35.3 Å². The van der Waals surface area contributed by atoms with Crippen LogP contribution in [0.2, 0.25) is 10.0 Å². The molecule has 0 spiro atoms. The zero-order valence-electron chi connectivity index (χ0n) is 21.7. The van der Waals surface area contributed by atoms with Crippen molar-refractivity contribution >= 4 is 63.8 Å². The van der Waals surface area contributed by atoms with Crippen LogP contribution in [0.15, 0.2) is 65.6 Å². The number of imide groups is 1. The van der Waals surface area contributed by atoms with Crippen molar-refractivity contribution in [3.8, 4) is 17.2 Å². The van der Waals surface area contributed by atoms with E-state index in [4.69, 9.17) is 37.4 Å². The Balaban J connectivity index is 1.42. The number of ether oxygens (including phenoxy) is 3. The highest BCUT2D eigenvalue weighted by atomic mass is 35.5. The van der Waals surface area contributed by atoms with E-state index in [1.54, 1.807) is 60.7 Å². The molecule has 3 aromatic carbocycles. The van der Waals surface area contributed by atoms with Crippen molar-refractivity contribution in [3.63, 3.8) is 0 Å². The first-order valence-electron chi connectivity index (χ1n) is 12.4. The predicted octanol–water partition coefficient (Wildman–Crippen LogP) is 7.04. The normalized spacial score (nSPS) is 14.0. The molecule has 3 amide bonds. The summed E-state index contributed by atoms with van der Waals surface area (Å²) < 4.78 is 17.1. The number of hydrogen-bond acceptors (Lipinski definition) is 7. The quantitative estimate of drug-likeness (QED) is 0.236. The number of thioether (sulfide) groups is 1. The number of hydrogen-bond donors (Lipinski definition) is 1. The third kappa shape index (κ3) is 7.50. The number of carbonyl (C=O) groups is 3. The highest BCUT2D eigenvalue weighted by Gasteiger charge is 2.36. The van der Waals surface area contributed by atoms with Gasteiger partial charge in [-0.15, -0.1) is 0 Å². The molecular weight excluding hydrogens is 575 g/mol. The minimum Gasteiger partial charge on any atom is -0.494 e. The van der Waals surface area contributed by atoms with Gasteiger partial charge in [0.05, 0.1) is 28.2 Å². The zero-order chi connectivity index (χ0) is 28.6. The second-order valence-corrected chi connectivity index (χ2v) is 10.3. The molecule has 0 unspecified atom stereocenters. The Labute approximate surface area is 246 Å². The number of carbonyl (C=O) groups excluding carboxylic acids is 3. The Morgan fingerprint density at radius 3 is 2.35 bits per heavy atom. The van der Waals surface area contributed by atoms with Gasteiger partial charge >= 0.3 is 0 Å². The van der Waals surface area contributed by atoms with E-state index in [1.165, 1.54) is 0 Å². The summed E-state index contributed by atoms with van der Waals surface area (Å²) in [6, 6.07) is 17.3. The molecule has 40 heavy (non-hydrogen) atoms. The second-order valence-electron chi connectivity index (χ2n) is 8.45. The maximum absolute atomic E-state index is 13.0. The van der Waals surface area contributed by atoms with Crippen LogP contribution in [-0.4, -0.2) is 41.7 Å². The molecule has 1 fully saturated rings. The highest BCUT2D eigenvalue weighted by molar-refractivity contribution is 8.18. The van der Waals surface area contributed by atoms with E-state index in [0.717, 1.165) is 22.2 Å². The van der Waals surface area contributed by atoms with E-state index in [9.17, 15) is 14.4 Å². The van der Waals surface area contributed by atoms with E-state index >= 15 is 0 Å². The van der Waals surface area contributed by atoms with Crippen molar-refractivity contribution in [1.29, 1.82) is 0 Å². The van der Waals surface area contributed by atoms with Crippen LogP contribution in [0, 0.1) is 0 Å². The molecule has 8 nitrogen and oxygen atoms in total. The van der Waals surface area contributed by atoms with Gasteiger partial charge in [0.2, 0.25) is 5.91 Å². The standard InChI is InChI=1S/C29H26Cl2N2O6S/c1-3-37-21-9-7-20(8-10-21)32-27(34)16-33-28(35)26(40-29(33)36)15-18-6-12-24(25(14-18)38-4-2)39-17-19-5-11-22(30)23(31)13-19/h5-15H,3-4,16-17H2,1-2H3,(H,32,34)/b26-15+. The fourth-order valence-electron chi connectivity index (χ4n) is 3.73. The minimum atomic E-state index is -0.547. The lowest BCUT2D eigenvalue weighted by molar-refractivity contribution is -0.127. The van der Waals surface area contributed by atoms with Crippen molar-refractivity contribution < 1.29 is 28.6 Å². The zero-order valence-corrected chi connectivity index (χ0v) is 24.1. The second kappa shape index (κ2) is 13.6. The molecule has 4 rings (SSSR count). The Morgan fingerprint density at radius 1 is 0.900 bits per heavy atom. The summed E-state index contributed by atoms with van der Waals surface area (Å²) in [5, 5.41) is 3.06. The molecule has 1 aliphatic heterocycles. The van der Waals surface area contributed by atoms with Crippen LogP contribution in [0.4, 0.5) is 10.5 Å². The number of nitrogens with one attached hydrogen (secondary N) is 1. The third-order valence-corrected chi connectivity index (χ3v) is 7.21. The van der Waals surface area contributed by atoms with Crippen LogP contribution in [0.1, 0.15) is 25.0 Å². The topological polar surface area (TPSA) is 94.2 Å². The molecule has 1 heterocycles. The summed E-state index contributed by atoms with van der Waals surface area (Å²) in [4.78, 5) is 39.1. The Hall–Kier alpha value is -3.66. The van der Waals surface area contributed by atoms with Gasteiger partial charge in [0, 0.05) is 5.69 Å². The first-order chi connectivity index (χ1) is 19.3. The number of nitrogens with zero attached hydrogens (tertiary/aromatic N) is 1. The van der Waals surface area contributed by atoms with Crippen LogP contribution in [-0.2, 0) is 16.2 Å². The fraction of sp³-hybridized carbons (Fsp3) is 0.207. The molecule has 0 aromatic heterocycles. The monoisotopic (exact) mass is 600 g/mol. The summed E-state index contributed by atoms with van der Waals surface area (Å²) in [7, 11) is 0. The van der Waals surface area contributed by atoms with Crippen molar-refractivity contribution in [2.24, 2.45) is 0 Å². The molecule has 3 aromatic rings. The number of halogens is 2. The SMILES string of the molecule is CCOc1ccc(NC(=O)CN2C(=O)S/C(=C/c3ccc(OCc4ccc(Cl)c(Cl)c4)c(OCC)c3)C2=O)cc1. The van der Waals surface area contributed by atoms with Gasteiger partial charge in [0.15, 0.2) is 11.5 Å². The summed E-state index contributed by atoms with van der Waals surface area (Å²) >= 11 is 12.8. The molecule has 0 saturated carbocycles. The van der Waals surface area contributed by atoms with Crippen molar-refractivity contribution in [2.45, 2.75) is 20.5 Å². The van der Waals surface area contributed by atoms with Gasteiger partial charge in [-0.05, 0) is 91.3 Å². The average molecular weight is 602 g/mol. The lowest BCUT2D eigenvalue weighted by Crippen LogP contribution is -2.36. The van der Waals surface area contributed by atoms with Crippen LogP contribution < -0.4 is 19.5 Å². The predicted molar refractivity (Wildman–Crippen MR) is 157 cm³/mol. The van der Waals surface area contributed by atoms with Crippen LogP contribution >= 0.6 is 35.0 Å². The van der Waals surface area contributed by atoms with Gasteiger partial charge < -0.3 is 19.5 Å². The molecule has 11 heteroatoms. The van der Waals surface area contributed by atoms with Crippen LogP contribution in [0.3, 0.4) is 0 Å². The Kier molecular flexibility index (Phi) is 9.98. The largest absolute Gasteiger partial charge is 0.494 e. The number of anilines is 1. The van der Waals surface area contributed by atoms with Gasteiger partial charge in [-0.3, -0.25) is 19.3 Å². The Morgan fingerprint density at radius 2 is 1.65 bits per heavy atom. The molecule has 0 aliphatic carbocycles. The maximum atomic E-state index is 13.0. The molecule has 0 atom stereocenters. The lowest BCUT2D eigenvalue weighted by Gasteiger charge is -2.13. The van der Waals surface area contributed by atoms with E-state index in [2.05, 4.69) is 5.32 Å². The van der Waals surface area contributed by atoms with E-state index in [-0.39, 0.29) is 11.5 Å². The van der Waals surface area contributed by atoms with Crippen LogP contribution in [0.25, 0.3) is 6.08 Å². The molecule has 1 N–H and O–H groups in total. The van der Waals surface area contributed by atoms with E-state index in [0.29, 0.717) is 51.8 Å². The fourth-order valence-corrected chi connectivity index (χ4v) is 4.88. The van der Waals surface area contributed by atoms with Gasteiger partial charge in [-0.25, -0.2) is 0 Å². The van der Waals surface area contributed by atoms with Crippen molar-refractivity contribution in [1.82, 2.24) is 4.90 Å². The first kappa shape index (κ1) is 29.3. The Bertz CT molecular complexity index is 1440. The molecule has 0 bridgehead atoms. The van der Waals surface area contributed by atoms with Gasteiger partial charge in [-0.2, -0.15) is 0 Å². The van der Waals surface area contributed by atoms with E-state index < -0.39 is 23.6 Å². The van der Waals surface area contributed by atoms with Crippen molar-refractivity contribution in [3.05, 3.63) is 86.7 Å². The molecular formula is C29H26Cl2N2O6S. The average Bonchev–Trinajstić information content (AvgIpc) is 3.18. The van der Waals surface area contributed by atoms with Gasteiger partial charge in [0.1, 0.15) is 18.9 Å². The molecule has 0 radical (unpaired) electrons. The maximum Gasteiger partial charge on any atom is 0.294 e. The summed E-state index contributed by atoms with van der Waals surface area (Å²) in [5.41, 5.74) is 2.00. The number of benzene rings is 3. The minimum absolute atomic E-state index is 0.200. The van der Waals surface area contributed by atoms with Crippen molar-refractivity contribution in [2.75, 3.05) is 25.1 Å². The number of amides is 3. The summed E-state index contributed by atoms with van der Waals surface area (Å²) in [6.07, 6.45) is 1.58. The lowest BCUT2D eigenvalue weighted by atomic mass is 10.1. The third-order valence-electron chi connectivity index (χ3n) is 5.57. The molecule has 1 saturated heterocycles. The van der Waals surface area contributed by atoms with Crippen LogP contribution in [0.5, 0.6) is 17.2 Å². The summed E-state index contributed by atoms with van der Waals surface area (Å²) in [6.45, 7) is 4.49. The van der Waals surface area contributed by atoms with Gasteiger partial charge in [0.25, 0.3) is 11.1 Å². The van der Waals surface area contributed by atoms with E-state index in [1.807, 2.05) is 19.9 Å². The summed E-state index contributed by atoms with van der Waals surface area (Å²) in [5.74, 6) is 0.620. The smallest absolute Gasteiger partial charge is 0.294 e.